The van der Waals surface area contributed by atoms with Gasteiger partial charge in [-0.05, 0) is 31.9 Å². The molecule has 0 fully saturated rings. The fourth-order valence-corrected chi connectivity index (χ4v) is 2.60. The number of rotatable bonds is 5. The molecule has 0 saturated heterocycles. The van der Waals surface area contributed by atoms with E-state index in [-0.39, 0.29) is 0 Å². The summed E-state index contributed by atoms with van der Waals surface area (Å²) >= 11 is 0. The molecule has 2 rings (SSSR count). The van der Waals surface area contributed by atoms with Crippen LogP contribution in [0.15, 0.2) is 6.07 Å². The molecule has 2 aromatic heterocycles. The lowest BCUT2D eigenvalue weighted by Crippen LogP contribution is -2.17. The highest BCUT2D eigenvalue weighted by Crippen LogP contribution is 2.16. The molecule has 1 atom stereocenters. The normalized spacial score (nSPS) is 12.9. The lowest BCUT2D eigenvalue weighted by molar-refractivity contribution is 0.172. The summed E-state index contributed by atoms with van der Waals surface area (Å²) < 4.78 is 3.74. The van der Waals surface area contributed by atoms with E-state index >= 15 is 0 Å². The third-order valence-electron chi connectivity index (χ3n) is 3.93. The van der Waals surface area contributed by atoms with Crippen LogP contribution >= 0.6 is 0 Å². The Morgan fingerprint density at radius 2 is 1.85 bits per heavy atom. The SMILES string of the molecule is CCc1cc(CC(O)Cc2c(C)nn(C)c2C)n(C)n1. The summed E-state index contributed by atoms with van der Waals surface area (Å²) in [6, 6.07) is 2.08. The molecular weight excluding hydrogens is 252 g/mol. The summed E-state index contributed by atoms with van der Waals surface area (Å²) in [5.74, 6) is 0. The van der Waals surface area contributed by atoms with Crippen molar-refractivity contribution in [2.45, 2.75) is 46.1 Å². The average Bonchev–Trinajstić information content (AvgIpc) is 2.85. The summed E-state index contributed by atoms with van der Waals surface area (Å²) in [5, 5.41) is 19.2. The third-order valence-corrected chi connectivity index (χ3v) is 3.93. The van der Waals surface area contributed by atoms with E-state index in [2.05, 4.69) is 23.2 Å². The van der Waals surface area contributed by atoms with Crippen LogP contribution in [0.5, 0.6) is 0 Å². The Bertz CT molecular complexity index is 597. The minimum atomic E-state index is -0.406. The lowest BCUT2D eigenvalue weighted by Gasteiger charge is -2.11. The molecule has 0 aromatic carbocycles. The minimum Gasteiger partial charge on any atom is -0.392 e. The monoisotopic (exact) mass is 276 g/mol. The van der Waals surface area contributed by atoms with Crippen LogP contribution < -0.4 is 0 Å². The fourth-order valence-electron chi connectivity index (χ4n) is 2.60. The Morgan fingerprint density at radius 3 is 2.35 bits per heavy atom. The predicted octanol–water partition coefficient (Wildman–Crippen LogP) is 1.48. The standard InChI is InChI=1S/C15H24N4O/c1-6-12-7-13(19(5)17-12)8-14(20)9-15-10(2)16-18(4)11(15)3/h7,14,20H,6,8-9H2,1-5H3. The molecule has 0 aliphatic carbocycles. The van der Waals surface area contributed by atoms with Gasteiger partial charge in [-0.15, -0.1) is 0 Å². The van der Waals surface area contributed by atoms with Crippen molar-refractivity contribution in [1.29, 1.82) is 0 Å². The molecule has 0 aliphatic rings. The molecule has 1 N–H and O–H groups in total. The number of aliphatic hydroxyl groups is 1. The fraction of sp³-hybridized carbons (Fsp3) is 0.600. The highest BCUT2D eigenvalue weighted by atomic mass is 16.3. The van der Waals surface area contributed by atoms with Crippen LogP contribution in [0.4, 0.5) is 0 Å². The first kappa shape index (κ1) is 14.8. The van der Waals surface area contributed by atoms with Gasteiger partial charge < -0.3 is 5.11 Å². The summed E-state index contributed by atoms with van der Waals surface area (Å²) in [6.07, 6.45) is 1.77. The second-order valence-corrected chi connectivity index (χ2v) is 5.44. The van der Waals surface area contributed by atoms with E-state index in [0.29, 0.717) is 12.8 Å². The molecule has 0 saturated carbocycles. The average molecular weight is 276 g/mol. The van der Waals surface area contributed by atoms with E-state index in [1.807, 2.05) is 37.3 Å². The van der Waals surface area contributed by atoms with Gasteiger partial charge in [-0.1, -0.05) is 6.92 Å². The number of nitrogens with zero attached hydrogens (tertiary/aromatic N) is 4. The molecule has 5 nitrogen and oxygen atoms in total. The maximum atomic E-state index is 10.3. The number of hydrogen-bond donors (Lipinski definition) is 1. The van der Waals surface area contributed by atoms with Gasteiger partial charge in [-0.25, -0.2) is 0 Å². The Labute approximate surface area is 120 Å². The lowest BCUT2D eigenvalue weighted by atomic mass is 10.0. The summed E-state index contributed by atoms with van der Waals surface area (Å²) in [6.45, 7) is 6.13. The van der Waals surface area contributed by atoms with Crippen LogP contribution in [0.1, 0.15) is 35.3 Å². The van der Waals surface area contributed by atoms with Gasteiger partial charge in [0.1, 0.15) is 0 Å². The first-order valence-electron chi connectivity index (χ1n) is 7.11. The van der Waals surface area contributed by atoms with Crippen molar-refractivity contribution in [3.63, 3.8) is 0 Å². The van der Waals surface area contributed by atoms with Gasteiger partial charge in [0.05, 0.1) is 17.5 Å². The first-order valence-corrected chi connectivity index (χ1v) is 7.11. The minimum absolute atomic E-state index is 0.406. The molecule has 5 heteroatoms. The van der Waals surface area contributed by atoms with Crippen LogP contribution in [0.25, 0.3) is 0 Å². The van der Waals surface area contributed by atoms with Crippen molar-refractivity contribution in [2.75, 3.05) is 0 Å². The van der Waals surface area contributed by atoms with Crippen LogP contribution in [0, 0.1) is 13.8 Å². The first-order chi connectivity index (χ1) is 9.42. The summed E-state index contributed by atoms with van der Waals surface area (Å²) in [5.41, 5.74) is 5.43. The Kier molecular flexibility index (Phi) is 4.28. The van der Waals surface area contributed by atoms with E-state index in [9.17, 15) is 5.11 Å². The zero-order valence-corrected chi connectivity index (χ0v) is 13.0. The molecule has 110 valence electrons. The Balaban J connectivity index is 2.08. The van der Waals surface area contributed by atoms with Crippen molar-refractivity contribution in [2.24, 2.45) is 14.1 Å². The van der Waals surface area contributed by atoms with Gasteiger partial charge in [-0.3, -0.25) is 9.36 Å². The maximum Gasteiger partial charge on any atom is 0.0637 e. The molecule has 20 heavy (non-hydrogen) atoms. The summed E-state index contributed by atoms with van der Waals surface area (Å²) in [4.78, 5) is 0. The second-order valence-electron chi connectivity index (χ2n) is 5.44. The number of hydrogen-bond acceptors (Lipinski definition) is 3. The van der Waals surface area contributed by atoms with Gasteiger partial charge in [-0.2, -0.15) is 10.2 Å². The highest BCUT2D eigenvalue weighted by molar-refractivity contribution is 5.25. The van der Waals surface area contributed by atoms with Crippen molar-refractivity contribution in [3.8, 4) is 0 Å². The van der Waals surface area contributed by atoms with Crippen LogP contribution in [-0.2, 0) is 33.4 Å². The van der Waals surface area contributed by atoms with E-state index in [4.69, 9.17) is 0 Å². The van der Waals surface area contributed by atoms with E-state index in [0.717, 1.165) is 34.8 Å². The summed E-state index contributed by atoms with van der Waals surface area (Å²) in [7, 11) is 3.87. The van der Waals surface area contributed by atoms with E-state index in [1.54, 1.807) is 0 Å². The number of aromatic nitrogens is 4. The van der Waals surface area contributed by atoms with Crippen LogP contribution in [-0.4, -0.2) is 30.8 Å². The third kappa shape index (κ3) is 2.93. The van der Waals surface area contributed by atoms with Crippen LogP contribution in [0.2, 0.25) is 0 Å². The Hall–Kier alpha value is -1.62. The number of aryl methyl sites for hydroxylation is 4. The molecule has 0 radical (unpaired) electrons. The molecular formula is C15H24N4O. The molecule has 1 unspecified atom stereocenters. The largest absolute Gasteiger partial charge is 0.392 e. The molecule has 0 spiro atoms. The second kappa shape index (κ2) is 5.79. The molecule has 2 aromatic rings. The van der Waals surface area contributed by atoms with Gasteiger partial charge >= 0.3 is 0 Å². The molecule has 0 amide bonds. The molecule has 2 heterocycles. The molecule has 0 aliphatic heterocycles. The zero-order valence-electron chi connectivity index (χ0n) is 13.0. The van der Waals surface area contributed by atoms with Crippen molar-refractivity contribution < 1.29 is 5.11 Å². The highest BCUT2D eigenvalue weighted by Gasteiger charge is 2.16. The quantitative estimate of drug-likeness (QED) is 0.900. The van der Waals surface area contributed by atoms with Crippen molar-refractivity contribution in [3.05, 3.63) is 34.4 Å². The topological polar surface area (TPSA) is 55.9 Å². The zero-order chi connectivity index (χ0) is 14.9. The van der Waals surface area contributed by atoms with Gasteiger partial charge in [0.25, 0.3) is 0 Å². The van der Waals surface area contributed by atoms with Crippen molar-refractivity contribution in [1.82, 2.24) is 19.6 Å². The van der Waals surface area contributed by atoms with Crippen molar-refractivity contribution >= 4 is 0 Å². The van der Waals surface area contributed by atoms with Gasteiger partial charge in [0, 0.05) is 38.3 Å². The van der Waals surface area contributed by atoms with Gasteiger partial charge in [0.2, 0.25) is 0 Å². The molecule has 0 bridgehead atoms. The maximum absolute atomic E-state index is 10.3. The van der Waals surface area contributed by atoms with Gasteiger partial charge in [0.15, 0.2) is 0 Å². The van der Waals surface area contributed by atoms with E-state index in [1.165, 1.54) is 0 Å². The van der Waals surface area contributed by atoms with Crippen LogP contribution in [0.3, 0.4) is 0 Å². The Morgan fingerprint density at radius 1 is 1.15 bits per heavy atom. The number of aliphatic hydroxyl groups excluding tert-OH is 1. The smallest absolute Gasteiger partial charge is 0.0637 e. The van der Waals surface area contributed by atoms with E-state index < -0.39 is 6.10 Å². The predicted molar refractivity (Wildman–Crippen MR) is 78.7 cm³/mol.